The van der Waals surface area contributed by atoms with E-state index in [1.165, 1.54) is 17.1 Å². The molecule has 0 aliphatic carbocycles. The molecule has 1 heterocycles. The summed E-state index contributed by atoms with van der Waals surface area (Å²) >= 11 is 2.03. The Hall–Kier alpha value is -0.470. The summed E-state index contributed by atoms with van der Waals surface area (Å²) in [6.45, 7) is 5.88. The highest BCUT2D eigenvalue weighted by atomic mass is 32.2. The van der Waals surface area contributed by atoms with Gasteiger partial charge in [-0.15, -0.1) is 11.8 Å². The third-order valence-corrected chi connectivity index (χ3v) is 5.20. The van der Waals surface area contributed by atoms with Crippen LogP contribution in [0.4, 0.5) is 0 Å². The van der Waals surface area contributed by atoms with Gasteiger partial charge in [0.2, 0.25) is 0 Å². The summed E-state index contributed by atoms with van der Waals surface area (Å²) in [5, 5.41) is 3.29. The zero-order chi connectivity index (χ0) is 12.3. The molecule has 3 unspecified atom stereocenters. The summed E-state index contributed by atoms with van der Waals surface area (Å²) in [4.78, 5) is 1.51. The lowest BCUT2D eigenvalue weighted by Gasteiger charge is -2.23. The van der Waals surface area contributed by atoms with Crippen molar-refractivity contribution in [3.8, 4) is 0 Å². The van der Waals surface area contributed by atoms with E-state index in [9.17, 15) is 0 Å². The van der Waals surface area contributed by atoms with Crippen molar-refractivity contribution in [2.75, 3.05) is 19.3 Å². The van der Waals surface area contributed by atoms with Gasteiger partial charge in [0.15, 0.2) is 0 Å². The largest absolute Gasteiger partial charge is 0.319 e. The molecule has 17 heavy (non-hydrogen) atoms. The number of fused-ring (bicyclic) bond motifs is 1. The summed E-state index contributed by atoms with van der Waals surface area (Å²) < 4.78 is 0. The SMILES string of the molecule is CNCC(C)C(C)CC1CSc2ccccc21. The second kappa shape index (κ2) is 5.92. The van der Waals surface area contributed by atoms with Gasteiger partial charge in [0, 0.05) is 10.6 Å². The van der Waals surface area contributed by atoms with Gasteiger partial charge in [-0.05, 0) is 49.4 Å². The summed E-state index contributed by atoms with van der Waals surface area (Å²) in [7, 11) is 2.05. The third-order valence-electron chi connectivity index (χ3n) is 3.95. The number of rotatable bonds is 5. The van der Waals surface area contributed by atoms with Crippen LogP contribution in [-0.2, 0) is 0 Å². The average Bonchev–Trinajstić information content (AvgIpc) is 2.73. The molecule has 94 valence electrons. The van der Waals surface area contributed by atoms with Crippen molar-refractivity contribution in [2.45, 2.75) is 31.1 Å². The molecular weight excluding hydrogens is 226 g/mol. The van der Waals surface area contributed by atoms with Crippen molar-refractivity contribution < 1.29 is 0 Å². The monoisotopic (exact) mass is 249 g/mol. The zero-order valence-corrected chi connectivity index (χ0v) is 11.9. The van der Waals surface area contributed by atoms with Crippen LogP contribution in [0.1, 0.15) is 31.7 Å². The summed E-state index contributed by atoms with van der Waals surface area (Å²) in [6, 6.07) is 8.91. The highest BCUT2D eigenvalue weighted by Crippen LogP contribution is 2.42. The maximum absolute atomic E-state index is 3.29. The second-order valence-electron chi connectivity index (χ2n) is 5.29. The normalized spacial score (nSPS) is 22.2. The van der Waals surface area contributed by atoms with Crippen LogP contribution in [0.2, 0.25) is 0 Å². The fraction of sp³-hybridized carbons (Fsp3) is 0.600. The van der Waals surface area contributed by atoms with E-state index >= 15 is 0 Å². The van der Waals surface area contributed by atoms with Crippen LogP contribution in [0.3, 0.4) is 0 Å². The van der Waals surface area contributed by atoms with E-state index in [1.54, 1.807) is 5.56 Å². The lowest BCUT2D eigenvalue weighted by atomic mass is 9.84. The first-order valence-corrected chi connectivity index (χ1v) is 7.57. The Morgan fingerprint density at radius 2 is 2.06 bits per heavy atom. The van der Waals surface area contributed by atoms with Crippen molar-refractivity contribution in [3.05, 3.63) is 29.8 Å². The van der Waals surface area contributed by atoms with Crippen LogP contribution < -0.4 is 5.32 Å². The molecule has 2 heteroatoms. The first kappa shape index (κ1) is 13.0. The Morgan fingerprint density at radius 3 is 2.82 bits per heavy atom. The minimum atomic E-state index is 0.762. The number of hydrogen-bond acceptors (Lipinski definition) is 2. The van der Waals surface area contributed by atoms with Crippen molar-refractivity contribution >= 4 is 11.8 Å². The van der Waals surface area contributed by atoms with Gasteiger partial charge >= 0.3 is 0 Å². The van der Waals surface area contributed by atoms with E-state index < -0.39 is 0 Å². The molecule has 2 rings (SSSR count). The molecule has 1 aromatic rings. The number of hydrogen-bond donors (Lipinski definition) is 1. The van der Waals surface area contributed by atoms with Gasteiger partial charge in [-0.2, -0.15) is 0 Å². The molecule has 0 fully saturated rings. The van der Waals surface area contributed by atoms with Crippen molar-refractivity contribution in [2.24, 2.45) is 11.8 Å². The van der Waals surface area contributed by atoms with E-state index in [-0.39, 0.29) is 0 Å². The van der Waals surface area contributed by atoms with Gasteiger partial charge in [-0.3, -0.25) is 0 Å². The summed E-state index contributed by atoms with van der Waals surface area (Å²) in [6.07, 6.45) is 1.33. The van der Waals surface area contributed by atoms with E-state index in [0.29, 0.717) is 0 Å². The van der Waals surface area contributed by atoms with Crippen molar-refractivity contribution in [1.29, 1.82) is 0 Å². The predicted molar refractivity (Wildman–Crippen MR) is 76.8 cm³/mol. The zero-order valence-electron chi connectivity index (χ0n) is 11.1. The second-order valence-corrected chi connectivity index (χ2v) is 6.36. The molecule has 0 bridgehead atoms. The fourth-order valence-corrected chi connectivity index (χ4v) is 3.90. The van der Waals surface area contributed by atoms with E-state index in [4.69, 9.17) is 0 Å². The van der Waals surface area contributed by atoms with Crippen LogP contribution in [0.5, 0.6) is 0 Å². The maximum atomic E-state index is 3.29. The molecule has 0 aromatic heterocycles. The average molecular weight is 249 g/mol. The standard InChI is InChI=1S/C15H23NS/c1-11(12(2)9-16-3)8-13-10-17-15-7-5-4-6-14(13)15/h4-7,11-13,16H,8-10H2,1-3H3. The Kier molecular flexibility index (Phi) is 4.52. The van der Waals surface area contributed by atoms with E-state index in [2.05, 4.69) is 43.4 Å². The lowest BCUT2D eigenvalue weighted by molar-refractivity contribution is 0.339. The maximum Gasteiger partial charge on any atom is 0.0107 e. The number of thioether (sulfide) groups is 1. The molecular formula is C15H23NS. The summed E-state index contributed by atoms with van der Waals surface area (Å²) in [5.74, 6) is 3.60. The fourth-order valence-electron chi connectivity index (χ4n) is 2.63. The molecule has 0 spiro atoms. The summed E-state index contributed by atoms with van der Waals surface area (Å²) in [5.41, 5.74) is 1.58. The first-order valence-electron chi connectivity index (χ1n) is 6.58. The minimum Gasteiger partial charge on any atom is -0.319 e. The molecule has 1 N–H and O–H groups in total. The molecule has 3 atom stereocenters. The van der Waals surface area contributed by atoms with Crippen LogP contribution in [0.25, 0.3) is 0 Å². The van der Waals surface area contributed by atoms with Gasteiger partial charge in [0.1, 0.15) is 0 Å². The van der Waals surface area contributed by atoms with Crippen molar-refractivity contribution in [1.82, 2.24) is 5.32 Å². The van der Waals surface area contributed by atoms with Gasteiger partial charge < -0.3 is 5.32 Å². The molecule has 0 radical (unpaired) electrons. The topological polar surface area (TPSA) is 12.0 Å². The number of benzene rings is 1. The third kappa shape index (κ3) is 3.05. The highest BCUT2D eigenvalue weighted by Gasteiger charge is 2.25. The first-order chi connectivity index (χ1) is 8.22. The molecule has 0 amide bonds. The Labute approximate surface area is 109 Å². The van der Waals surface area contributed by atoms with Crippen LogP contribution in [-0.4, -0.2) is 19.3 Å². The van der Waals surface area contributed by atoms with Gasteiger partial charge in [-0.1, -0.05) is 32.0 Å². The van der Waals surface area contributed by atoms with E-state index in [1.807, 2.05) is 18.8 Å². The molecule has 1 aromatic carbocycles. The highest BCUT2D eigenvalue weighted by molar-refractivity contribution is 7.99. The van der Waals surface area contributed by atoms with Gasteiger partial charge in [-0.25, -0.2) is 0 Å². The number of nitrogens with one attached hydrogen (secondary N) is 1. The van der Waals surface area contributed by atoms with Gasteiger partial charge in [0.05, 0.1) is 0 Å². The molecule has 1 nitrogen and oxygen atoms in total. The van der Waals surface area contributed by atoms with Gasteiger partial charge in [0.25, 0.3) is 0 Å². The Balaban J connectivity index is 1.97. The molecule has 1 aliphatic heterocycles. The lowest BCUT2D eigenvalue weighted by Crippen LogP contribution is -2.23. The molecule has 0 saturated heterocycles. The quantitative estimate of drug-likeness (QED) is 0.853. The minimum absolute atomic E-state index is 0.762. The smallest absolute Gasteiger partial charge is 0.0107 e. The Morgan fingerprint density at radius 1 is 1.29 bits per heavy atom. The van der Waals surface area contributed by atoms with Crippen molar-refractivity contribution in [3.63, 3.8) is 0 Å². The van der Waals surface area contributed by atoms with Crippen LogP contribution in [0.15, 0.2) is 29.2 Å². The van der Waals surface area contributed by atoms with E-state index in [0.717, 1.165) is 24.3 Å². The Bertz CT molecular complexity index is 364. The molecule has 1 aliphatic rings. The van der Waals surface area contributed by atoms with Crippen LogP contribution >= 0.6 is 11.8 Å². The predicted octanol–water partition coefficient (Wildman–Crippen LogP) is 3.76. The molecule has 0 saturated carbocycles. The van der Waals surface area contributed by atoms with Crippen LogP contribution in [0, 0.1) is 11.8 Å².